The smallest absolute Gasteiger partial charge is 0.341 e. The summed E-state index contributed by atoms with van der Waals surface area (Å²) in [6, 6.07) is 1.58. The molecule has 0 saturated heterocycles. The summed E-state index contributed by atoms with van der Waals surface area (Å²) in [5, 5.41) is 11.6. The molecule has 1 aliphatic carbocycles. The molecule has 0 spiro atoms. The predicted molar refractivity (Wildman–Crippen MR) is 113 cm³/mol. The Morgan fingerprint density at radius 3 is 2.77 bits per heavy atom. The van der Waals surface area contributed by atoms with Gasteiger partial charge in [-0.3, -0.25) is 9.48 Å². The van der Waals surface area contributed by atoms with Crippen LogP contribution in [0, 0.1) is 6.92 Å². The second-order valence-corrected chi connectivity index (χ2v) is 8.77. The van der Waals surface area contributed by atoms with Gasteiger partial charge in [0.2, 0.25) is 5.76 Å². The lowest BCUT2D eigenvalue weighted by Crippen LogP contribution is -2.17. The van der Waals surface area contributed by atoms with Crippen LogP contribution in [0.5, 0.6) is 0 Å². The summed E-state index contributed by atoms with van der Waals surface area (Å²) in [5.41, 5.74) is 3.72. The predicted octanol–water partition coefficient (Wildman–Crippen LogP) is 4.14. The third-order valence-corrected chi connectivity index (χ3v) is 6.40. The highest BCUT2D eigenvalue weighted by molar-refractivity contribution is 7.17. The minimum absolute atomic E-state index is 0.0720. The van der Waals surface area contributed by atoms with Gasteiger partial charge in [-0.2, -0.15) is 5.10 Å². The van der Waals surface area contributed by atoms with Crippen molar-refractivity contribution in [2.24, 2.45) is 7.05 Å². The van der Waals surface area contributed by atoms with Crippen molar-refractivity contribution in [1.29, 1.82) is 0 Å². The topological polar surface area (TPSA) is 99.2 Å². The summed E-state index contributed by atoms with van der Waals surface area (Å²) in [4.78, 5) is 26.7. The van der Waals surface area contributed by atoms with Crippen molar-refractivity contribution in [2.45, 2.75) is 52.6 Å². The highest BCUT2D eigenvalue weighted by Crippen LogP contribution is 2.39. The minimum atomic E-state index is -0.451. The molecule has 0 unspecified atom stereocenters. The molecule has 9 heteroatoms. The first-order valence-corrected chi connectivity index (χ1v) is 10.8. The Kier molecular flexibility index (Phi) is 5.46. The molecule has 0 atom stereocenters. The van der Waals surface area contributed by atoms with Crippen LogP contribution in [-0.2, 0) is 24.6 Å². The summed E-state index contributed by atoms with van der Waals surface area (Å²) >= 11 is 1.44. The van der Waals surface area contributed by atoms with E-state index in [0.717, 1.165) is 47.4 Å². The average Bonchev–Trinajstić information content (AvgIpc) is 3.39. The van der Waals surface area contributed by atoms with Gasteiger partial charge in [0.25, 0.3) is 5.91 Å². The summed E-state index contributed by atoms with van der Waals surface area (Å²) < 4.78 is 12.4. The van der Waals surface area contributed by atoms with Gasteiger partial charge in [-0.05, 0) is 52.0 Å². The molecule has 0 radical (unpaired) electrons. The molecule has 158 valence electrons. The van der Waals surface area contributed by atoms with Gasteiger partial charge in [-0.15, -0.1) is 11.3 Å². The first-order valence-electron chi connectivity index (χ1n) is 9.97. The summed E-state index contributed by atoms with van der Waals surface area (Å²) in [5.74, 6) is -0.778. The van der Waals surface area contributed by atoms with Crippen LogP contribution in [0.4, 0.5) is 5.00 Å². The van der Waals surface area contributed by atoms with Gasteiger partial charge >= 0.3 is 5.97 Å². The molecule has 30 heavy (non-hydrogen) atoms. The number of aryl methyl sites for hydroxylation is 2. The van der Waals surface area contributed by atoms with Gasteiger partial charge in [0.1, 0.15) is 10.7 Å². The molecule has 1 aliphatic rings. The van der Waals surface area contributed by atoms with Crippen molar-refractivity contribution < 1.29 is 18.8 Å². The number of aromatic nitrogens is 3. The molecule has 0 aromatic carbocycles. The highest BCUT2D eigenvalue weighted by atomic mass is 32.1. The van der Waals surface area contributed by atoms with Crippen molar-refractivity contribution in [2.75, 3.05) is 5.32 Å². The number of hydrogen-bond acceptors (Lipinski definition) is 7. The fourth-order valence-electron chi connectivity index (χ4n) is 3.57. The van der Waals surface area contributed by atoms with Crippen LogP contribution in [-0.4, -0.2) is 32.9 Å². The zero-order valence-electron chi connectivity index (χ0n) is 17.4. The maximum atomic E-state index is 12.8. The first-order chi connectivity index (χ1) is 14.3. The number of hydrogen-bond donors (Lipinski definition) is 1. The number of anilines is 1. The van der Waals surface area contributed by atoms with E-state index in [1.165, 1.54) is 11.3 Å². The van der Waals surface area contributed by atoms with E-state index in [-0.39, 0.29) is 11.9 Å². The van der Waals surface area contributed by atoms with E-state index in [0.29, 0.717) is 16.3 Å². The number of carbonyl (C=O) groups is 2. The van der Waals surface area contributed by atoms with Crippen LogP contribution in [0.15, 0.2) is 16.8 Å². The van der Waals surface area contributed by atoms with Crippen LogP contribution in [0.3, 0.4) is 0 Å². The van der Waals surface area contributed by atoms with Crippen molar-refractivity contribution >= 4 is 28.2 Å². The molecule has 3 aromatic rings. The van der Waals surface area contributed by atoms with Crippen LogP contribution in [0.25, 0.3) is 11.3 Å². The lowest BCUT2D eigenvalue weighted by molar-refractivity contribution is 0.0378. The van der Waals surface area contributed by atoms with Crippen molar-refractivity contribution in [3.63, 3.8) is 0 Å². The van der Waals surface area contributed by atoms with E-state index in [1.807, 2.05) is 27.8 Å². The minimum Gasteiger partial charge on any atom is -0.459 e. The molecule has 4 rings (SSSR count). The van der Waals surface area contributed by atoms with Crippen LogP contribution in [0.2, 0.25) is 0 Å². The molecule has 8 nitrogen and oxygen atoms in total. The fourth-order valence-corrected chi connectivity index (χ4v) is 4.84. The number of esters is 1. The Bertz CT molecular complexity index is 1110. The van der Waals surface area contributed by atoms with E-state index in [1.54, 1.807) is 16.9 Å². The number of amides is 1. The third-order valence-electron chi connectivity index (χ3n) is 5.19. The van der Waals surface area contributed by atoms with Crippen LogP contribution in [0.1, 0.15) is 63.7 Å². The van der Waals surface area contributed by atoms with E-state index < -0.39 is 11.9 Å². The van der Waals surface area contributed by atoms with Gasteiger partial charge < -0.3 is 14.6 Å². The van der Waals surface area contributed by atoms with E-state index >= 15 is 0 Å². The molecule has 0 bridgehead atoms. The largest absolute Gasteiger partial charge is 0.459 e. The zero-order valence-corrected chi connectivity index (χ0v) is 18.3. The maximum Gasteiger partial charge on any atom is 0.341 e. The number of carbonyl (C=O) groups excluding carboxylic acids is 2. The zero-order chi connectivity index (χ0) is 21.4. The van der Waals surface area contributed by atoms with Gasteiger partial charge in [0, 0.05) is 29.2 Å². The summed E-state index contributed by atoms with van der Waals surface area (Å²) in [6.07, 6.45) is 5.27. The van der Waals surface area contributed by atoms with E-state index in [4.69, 9.17) is 9.26 Å². The first kappa shape index (κ1) is 20.3. The molecular formula is C21H24N4O4S. The molecule has 1 amide bonds. The molecule has 0 fully saturated rings. The molecule has 0 saturated carbocycles. The average molecular weight is 429 g/mol. The number of fused-ring (bicyclic) bond motifs is 1. The molecule has 3 heterocycles. The molecular weight excluding hydrogens is 404 g/mol. The SMILES string of the molecule is Cc1c(-c2cc(C(=O)Nc3sc4c(c3C(=O)OC(C)C)CCCC4)on2)cnn1C. The Morgan fingerprint density at radius 2 is 2.07 bits per heavy atom. The van der Waals surface area contributed by atoms with E-state index in [2.05, 4.69) is 15.6 Å². The molecule has 3 aromatic heterocycles. The summed E-state index contributed by atoms with van der Waals surface area (Å²) in [7, 11) is 1.84. The third kappa shape index (κ3) is 3.77. The fraction of sp³-hybridized carbons (Fsp3) is 0.429. The Balaban J connectivity index is 1.61. The number of rotatable bonds is 5. The van der Waals surface area contributed by atoms with Crippen molar-refractivity contribution in [1.82, 2.24) is 14.9 Å². The molecule has 0 aliphatic heterocycles. The number of ether oxygens (including phenoxy) is 1. The number of nitrogens with zero attached hydrogens (tertiary/aromatic N) is 3. The quantitative estimate of drug-likeness (QED) is 0.613. The lowest BCUT2D eigenvalue weighted by Gasteiger charge is -2.14. The Labute approximate surface area is 178 Å². The van der Waals surface area contributed by atoms with Gasteiger partial charge in [-0.25, -0.2) is 4.79 Å². The normalized spacial score (nSPS) is 13.4. The molecule has 1 N–H and O–H groups in total. The van der Waals surface area contributed by atoms with E-state index in [9.17, 15) is 9.59 Å². The lowest BCUT2D eigenvalue weighted by atomic mass is 9.95. The van der Waals surface area contributed by atoms with Crippen LogP contribution < -0.4 is 5.32 Å². The monoisotopic (exact) mass is 428 g/mol. The standard InChI is InChI=1S/C21H24N4O4S/c1-11(2)28-21(27)18-13-7-5-6-8-17(13)30-20(18)23-19(26)16-9-15(24-29-16)14-10-22-25(4)12(14)3/h9-11H,5-8H2,1-4H3,(H,23,26). The van der Waals surface area contributed by atoms with Gasteiger partial charge in [0.15, 0.2) is 0 Å². The second kappa shape index (κ2) is 8.06. The van der Waals surface area contributed by atoms with Gasteiger partial charge in [0.05, 0.1) is 17.9 Å². The highest BCUT2D eigenvalue weighted by Gasteiger charge is 2.29. The van der Waals surface area contributed by atoms with Crippen LogP contribution >= 0.6 is 11.3 Å². The number of nitrogens with one attached hydrogen (secondary N) is 1. The van der Waals surface area contributed by atoms with Crippen molar-refractivity contribution in [3.8, 4) is 11.3 Å². The Morgan fingerprint density at radius 1 is 1.30 bits per heavy atom. The van der Waals surface area contributed by atoms with Gasteiger partial charge in [-0.1, -0.05) is 5.16 Å². The summed E-state index contributed by atoms with van der Waals surface area (Å²) in [6.45, 7) is 5.54. The maximum absolute atomic E-state index is 12.8. The Hall–Kier alpha value is -2.94. The van der Waals surface area contributed by atoms with Crippen molar-refractivity contribution in [3.05, 3.63) is 39.7 Å². The number of thiophene rings is 1. The second-order valence-electron chi connectivity index (χ2n) is 7.67.